The molecule has 4 heterocycles. The van der Waals surface area contributed by atoms with Crippen LogP contribution in [0, 0.1) is 5.82 Å². The third-order valence-corrected chi connectivity index (χ3v) is 7.55. The highest BCUT2D eigenvalue weighted by molar-refractivity contribution is 6.06. The van der Waals surface area contributed by atoms with E-state index < -0.39 is 5.82 Å². The van der Waals surface area contributed by atoms with Crippen molar-refractivity contribution >= 4 is 23.5 Å². The van der Waals surface area contributed by atoms with Crippen LogP contribution in [-0.2, 0) is 11.3 Å². The molecule has 1 saturated heterocycles. The maximum atomic E-state index is 14.6. The normalized spacial score (nSPS) is 17.2. The zero-order chi connectivity index (χ0) is 28.8. The van der Waals surface area contributed by atoms with Gasteiger partial charge in [-0.1, -0.05) is 0 Å². The van der Waals surface area contributed by atoms with E-state index in [2.05, 4.69) is 33.7 Å². The second-order valence-corrected chi connectivity index (χ2v) is 10.5. The van der Waals surface area contributed by atoms with Crippen LogP contribution < -0.4 is 9.80 Å². The van der Waals surface area contributed by atoms with Crippen LogP contribution in [0.25, 0.3) is 0 Å². The van der Waals surface area contributed by atoms with Gasteiger partial charge in [-0.15, -0.1) is 0 Å². The molecule has 0 saturated carbocycles. The summed E-state index contributed by atoms with van der Waals surface area (Å²) in [5.41, 5.74) is 2.00. The Morgan fingerprint density at radius 1 is 0.878 bits per heavy atom. The number of benzene rings is 1. The van der Waals surface area contributed by atoms with Crippen molar-refractivity contribution in [2.45, 2.75) is 32.9 Å². The van der Waals surface area contributed by atoms with Gasteiger partial charge in [0.2, 0.25) is 5.95 Å². The predicted molar refractivity (Wildman–Crippen MR) is 153 cm³/mol. The zero-order valence-electron chi connectivity index (χ0n) is 23.6. The van der Waals surface area contributed by atoms with E-state index in [1.807, 2.05) is 4.90 Å². The number of morpholine rings is 1. The summed E-state index contributed by atoms with van der Waals surface area (Å²) in [4.78, 5) is 48.2. The van der Waals surface area contributed by atoms with Gasteiger partial charge in [0.25, 0.3) is 11.8 Å². The van der Waals surface area contributed by atoms with Crippen molar-refractivity contribution in [1.82, 2.24) is 24.8 Å². The molecule has 2 aliphatic heterocycles. The summed E-state index contributed by atoms with van der Waals surface area (Å²) in [6.07, 6.45) is 6.99. The number of halogens is 1. The number of amides is 2. The van der Waals surface area contributed by atoms with Crippen molar-refractivity contribution in [1.29, 1.82) is 0 Å². The molecule has 2 aliphatic rings. The summed E-state index contributed by atoms with van der Waals surface area (Å²) < 4.78 is 20.0. The third-order valence-electron chi connectivity index (χ3n) is 7.55. The number of carbonyl (C=O) groups excluding carboxylic acids is 2. The minimum atomic E-state index is -0.427. The van der Waals surface area contributed by atoms with Gasteiger partial charge >= 0.3 is 0 Å². The molecule has 2 aromatic heterocycles. The van der Waals surface area contributed by atoms with Gasteiger partial charge < -0.3 is 19.4 Å². The quantitative estimate of drug-likeness (QED) is 0.479. The summed E-state index contributed by atoms with van der Waals surface area (Å²) in [5.74, 6) is -0.306. The Hall–Kier alpha value is -3.96. The molecule has 2 amide bonds. The van der Waals surface area contributed by atoms with Crippen molar-refractivity contribution in [3.8, 4) is 0 Å². The lowest BCUT2D eigenvalue weighted by Gasteiger charge is -2.30. The summed E-state index contributed by atoms with van der Waals surface area (Å²) in [7, 11) is 0. The van der Waals surface area contributed by atoms with E-state index in [9.17, 15) is 14.0 Å². The molecule has 5 rings (SSSR count). The van der Waals surface area contributed by atoms with Crippen molar-refractivity contribution in [2.24, 2.45) is 0 Å². The first kappa shape index (κ1) is 28.6. The van der Waals surface area contributed by atoms with Gasteiger partial charge in [-0.2, -0.15) is 0 Å². The SMILES string of the molecule is CC(C)N1CCCN(C(=O)c2ccncc2)c2ccc(F)cc2CN(C(=O)c2cnc(N3CCOCC3)nc2)CC1. The van der Waals surface area contributed by atoms with E-state index in [0.29, 0.717) is 74.3 Å². The number of hydrogen-bond acceptors (Lipinski definition) is 8. The number of pyridine rings is 1. The molecule has 216 valence electrons. The molecule has 0 unspecified atom stereocenters. The van der Waals surface area contributed by atoms with E-state index in [1.165, 1.54) is 12.1 Å². The third kappa shape index (κ3) is 6.86. The Morgan fingerprint density at radius 2 is 1.61 bits per heavy atom. The van der Waals surface area contributed by atoms with E-state index >= 15 is 0 Å². The average molecular weight is 562 g/mol. The molecule has 0 bridgehead atoms. The van der Waals surface area contributed by atoms with E-state index in [1.54, 1.807) is 52.8 Å². The number of carbonyl (C=O) groups is 2. The van der Waals surface area contributed by atoms with Crippen LogP contribution in [0.2, 0.25) is 0 Å². The number of aromatic nitrogens is 3. The summed E-state index contributed by atoms with van der Waals surface area (Å²) in [5, 5.41) is 0. The number of nitrogens with zero attached hydrogens (tertiary/aromatic N) is 7. The summed E-state index contributed by atoms with van der Waals surface area (Å²) >= 11 is 0. The Kier molecular flexibility index (Phi) is 9.15. The van der Waals surface area contributed by atoms with Gasteiger partial charge in [-0.3, -0.25) is 19.5 Å². The molecule has 1 aromatic carbocycles. The molecule has 0 spiro atoms. The van der Waals surface area contributed by atoms with Crippen LogP contribution in [0.4, 0.5) is 16.0 Å². The smallest absolute Gasteiger partial charge is 0.258 e. The molecule has 3 aromatic rings. The molecular formula is C30H36FN7O3. The minimum Gasteiger partial charge on any atom is -0.378 e. The van der Waals surface area contributed by atoms with E-state index in [0.717, 1.165) is 13.0 Å². The maximum Gasteiger partial charge on any atom is 0.258 e. The Morgan fingerprint density at radius 3 is 2.32 bits per heavy atom. The largest absolute Gasteiger partial charge is 0.378 e. The Labute approximate surface area is 239 Å². The lowest BCUT2D eigenvalue weighted by atomic mass is 10.1. The highest BCUT2D eigenvalue weighted by atomic mass is 19.1. The zero-order valence-corrected chi connectivity index (χ0v) is 23.6. The minimum absolute atomic E-state index is 0.128. The number of rotatable bonds is 4. The molecule has 1 fully saturated rings. The fraction of sp³-hybridized carbons (Fsp3) is 0.433. The topological polar surface area (TPSA) is 95.0 Å². The van der Waals surface area contributed by atoms with Crippen LogP contribution in [0.3, 0.4) is 0 Å². The standard InChI is InChI=1S/C30H36FN7O3/c1-22(2)35-10-3-11-38(29(40)23-6-8-32-9-7-23)27-5-4-26(31)18-24(27)21-37(13-12-35)28(39)25-19-33-30(34-20-25)36-14-16-41-17-15-36/h4-9,18-20,22H,3,10-17,21H2,1-2H3. The molecular weight excluding hydrogens is 525 g/mol. The van der Waals surface area contributed by atoms with Gasteiger partial charge in [-0.25, -0.2) is 14.4 Å². The van der Waals surface area contributed by atoms with Crippen LogP contribution in [-0.4, -0.2) is 95.1 Å². The first-order valence-electron chi connectivity index (χ1n) is 14.1. The molecule has 41 heavy (non-hydrogen) atoms. The molecule has 10 nitrogen and oxygen atoms in total. The van der Waals surface area contributed by atoms with Crippen LogP contribution in [0.15, 0.2) is 55.1 Å². The second-order valence-electron chi connectivity index (χ2n) is 10.5. The maximum absolute atomic E-state index is 14.6. The first-order valence-corrected chi connectivity index (χ1v) is 14.1. The lowest BCUT2D eigenvalue weighted by molar-refractivity contribution is 0.0710. The van der Waals surface area contributed by atoms with Gasteiger partial charge in [0, 0.05) is 87.9 Å². The van der Waals surface area contributed by atoms with Crippen LogP contribution in [0.1, 0.15) is 46.5 Å². The number of ether oxygens (including phenoxy) is 1. The number of hydrogen-bond donors (Lipinski definition) is 0. The highest BCUT2D eigenvalue weighted by Crippen LogP contribution is 2.27. The molecule has 0 aliphatic carbocycles. The van der Waals surface area contributed by atoms with Gasteiger partial charge in [0.1, 0.15) is 5.82 Å². The van der Waals surface area contributed by atoms with Crippen molar-refractivity contribution in [3.05, 3.63) is 77.6 Å². The van der Waals surface area contributed by atoms with Crippen LogP contribution in [0.5, 0.6) is 0 Å². The first-order chi connectivity index (χ1) is 19.9. The van der Waals surface area contributed by atoms with Crippen molar-refractivity contribution in [2.75, 3.05) is 62.3 Å². The fourth-order valence-electron chi connectivity index (χ4n) is 5.23. The number of anilines is 2. The predicted octanol–water partition coefficient (Wildman–Crippen LogP) is 3.25. The molecule has 0 atom stereocenters. The molecule has 0 radical (unpaired) electrons. The Balaban J connectivity index is 1.47. The van der Waals surface area contributed by atoms with Crippen LogP contribution >= 0.6 is 0 Å². The van der Waals surface area contributed by atoms with Gasteiger partial charge in [0.15, 0.2) is 0 Å². The molecule has 11 heteroatoms. The summed E-state index contributed by atoms with van der Waals surface area (Å²) in [6.45, 7) is 9.24. The van der Waals surface area contributed by atoms with Gasteiger partial charge in [-0.05, 0) is 56.2 Å². The fourth-order valence-corrected chi connectivity index (χ4v) is 5.23. The molecule has 0 N–H and O–H groups in total. The summed E-state index contributed by atoms with van der Waals surface area (Å²) in [6, 6.07) is 7.99. The van der Waals surface area contributed by atoms with E-state index in [-0.39, 0.29) is 24.4 Å². The monoisotopic (exact) mass is 561 g/mol. The average Bonchev–Trinajstić information content (AvgIpc) is 3.04. The van der Waals surface area contributed by atoms with E-state index in [4.69, 9.17) is 4.74 Å². The van der Waals surface area contributed by atoms with Gasteiger partial charge in [0.05, 0.1) is 18.8 Å². The van der Waals surface area contributed by atoms with Crippen molar-refractivity contribution in [3.63, 3.8) is 0 Å². The van der Waals surface area contributed by atoms with Crippen molar-refractivity contribution < 1.29 is 18.7 Å². The highest BCUT2D eigenvalue weighted by Gasteiger charge is 2.26. The Bertz CT molecular complexity index is 1330. The second kappa shape index (κ2) is 13.1. The lowest BCUT2D eigenvalue weighted by Crippen LogP contribution is -2.41. The number of fused-ring (bicyclic) bond motifs is 1.